The van der Waals surface area contributed by atoms with Crippen molar-refractivity contribution in [3.8, 4) is 0 Å². The summed E-state index contributed by atoms with van der Waals surface area (Å²) < 4.78 is 13.2. The third kappa shape index (κ3) is 1.33. The maximum absolute atomic E-state index is 13.2. The van der Waals surface area contributed by atoms with Crippen LogP contribution < -0.4 is 5.73 Å². The Bertz CT molecular complexity index is 376. The van der Waals surface area contributed by atoms with E-state index in [9.17, 15) is 4.39 Å². The molecule has 1 aromatic carbocycles. The number of rotatable bonds is 1. The van der Waals surface area contributed by atoms with Gasteiger partial charge in [-0.05, 0) is 23.1 Å². The van der Waals surface area contributed by atoms with E-state index in [0.717, 1.165) is 5.56 Å². The van der Waals surface area contributed by atoms with Gasteiger partial charge in [-0.3, -0.25) is 0 Å². The van der Waals surface area contributed by atoms with Crippen molar-refractivity contribution in [3.05, 3.63) is 34.6 Å². The van der Waals surface area contributed by atoms with Gasteiger partial charge in [-0.1, -0.05) is 31.5 Å². The molecule has 0 bridgehead atoms. The maximum Gasteiger partial charge on any atom is 0.142 e. The fourth-order valence-electron chi connectivity index (χ4n) is 2.02. The van der Waals surface area contributed by atoms with Gasteiger partial charge in [0.25, 0.3) is 0 Å². The molecule has 14 heavy (non-hydrogen) atoms. The fraction of sp³-hybridized carbons (Fsp3) is 0.455. The van der Waals surface area contributed by atoms with Crippen molar-refractivity contribution in [1.82, 2.24) is 0 Å². The van der Waals surface area contributed by atoms with Gasteiger partial charge < -0.3 is 5.73 Å². The molecule has 76 valence electrons. The van der Waals surface area contributed by atoms with Gasteiger partial charge in [-0.25, -0.2) is 4.39 Å². The number of benzene rings is 1. The van der Waals surface area contributed by atoms with Crippen LogP contribution in [0.25, 0.3) is 0 Å². The first-order valence-corrected chi connectivity index (χ1v) is 5.03. The van der Waals surface area contributed by atoms with Gasteiger partial charge in [0.15, 0.2) is 0 Å². The van der Waals surface area contributed by atoms with Crippen molar-refractivity contribution in [1.29, 1.82) is 0 Å². The first kappa shape index (κ1) is 9.94. The summed E-state index contributed by atoms with van der Waals surface area (Å²) in [7, 11) is 0. The molecule has 0 heterocycles. The number of nitrogens with two attached hydrogens (primary N) is 1. The Balaban J connectivity index is 2.32. The Morgan fingerprint density at radius 2 is 2.00 bits per heavy atom. The molecular formula is C11H13ClFN. The van der Waals surface area contributed by atoms with Crippen molar-refractivity contribution in [2.45, 2.75) is 25.8 Å². The van der Waals surface area contributed by atoms with Crippen LogP contribution in [0.2, 0.25) is 5.02 Å². The van der Waals surface area contributed by atoms with Crippen LogP contribution in [0.1, 0.15) is 25.3 Å². The molecular weight excluding hydrogens is 201 g/mol. The zero-order valence-electron chi connectivity index (χ0n) is 8.22. The Hall–Kier alpha value is -0.600. The predicted molar refractivity (Wildman–Crippen MR) is 55.9 cm³/mol. The number of hydrogen-bond donors (Lipinski definition) is 1. The molecule has 0 saturated heterocycles. The number of hydrogen-bond acceptors (Lipinski definition) is 1. The van der Waals surface area contributed by atoms with Crippen molar-refractivity contribution < 1.29 is 4.39 Å². The second-order valence-electron chi connectivity index (χ2n) is 4.50. The van der Waals surface area contributed by atoms with E-state index in [2.05, 4.69) is 13.8 Å². The van der Waals surface area contributed by atoms with Crippen LogP contribution in [0, 0.1) is 11.2 Å². The zero-order chi connectivity index (χ0) is 10.5. The van der Waals surface area contributed by atoms with Gasteiger partial charge in [0.2, 0.25) is 0 Å². The molecule has 0 radical (unpaired) electrons. The second kappa shape index (κ2) is 2.94. The average Bonchev–Trinajstić information content (AvgIpc) is 2.58. The minimum absolute atomic E-state index is 0.0836. The normalized spacial score (nSPS) is 28.9. The maximum atomic E-state index is 13.2. The lowest BCUT2D eigenvalue weighted by Gasteiger charge is -2.03. The molecule has 0 amide bonds. The van der Waals surface area contributed by atoms with Crippen molar-refractivity contribution in [3.63, 3.8) is 0 Å². The molecule has 1 fully saturated rings. The van der Waals surface area contributed by atoms with Gasteiger partial charge >= 0.3 is 0 Å². The third-order valence-electron chi connectivity index (χ3n) is 3.21. The van der Waals surface area contributed by atoms with E-state index < -0.39 is 0 Å². The minimum Gasteiger partial charge on any atom is -0.327 e. The van der Waals surface area contributed by atoms with Gasteiger partial charge in [0.05, 0.1) is 5.02 Å². The summed E-state index contributed by atoms with van der Waals surface area (Å²) >= 11 is 5.61. The van der Waals surface area contributed by atoms with E-state index in [0.29, 0.717) is 0 Å². The summed E-state index contributed by atoms with van der Waals surface area (Å²) in [6.07, 6.45) is 0. The van der Waals surface area contributed by atoms with Crippen molar-refractivity contribution in [2.75, 3.05) is 0 Å². The minimum atomic E-state index is -0.362. The monoisotopic (exact) mass is 213 g/mol. The lowest BCUT2D eigenvalue weighted by atomic mass is 10.0. The van der Waals surface area contributed by atoms with Crippen LogP contribution in [0.3, 0.4) is 0 Å². The van der Waals surface area contributed by atoms with Crippen LogP contribution in [-0.4, -0.2) is 6.04 Å². The first-order chi connectivity index (χ1) is 6.44. The number of halogens is 2. The fourth-order valence-corrected chi connectivity index (χ4v) is 2.14. The van der Waals surface area contributed by atoms with Crippen LogP contribution in [0.15, 0.2) is 18.2 Å². The summed E-state index contributed by atoms with van der Waals surface area (Å²) in [6.45, 7) is 4.18. The topological polar surface area (TPSA) is 26.0 Å². The molecule has 2 rings (SSSR count). The van der Waals surface area contributed by atoms with Crippen LogP contribution >= 0.6 is 11.6 Å². The highest BCUT2D eigenvalue weighted by Gasteiger charge is 2.56. The SMILES string of the molecule is CC1(C)C(N)C1c1ccc(Cl)c(F)c1. The lowest BCUT2D eigenvalue weighted by molar-refractivity contribution is 0.594. The van der Waals surface area contributed by atoms with Crippen molar-refractivity contribution in [2.24, 2.45) is 11.1 Å². The lowest BCUT2D eigenvalue weighted by Crippen LogP contribution is -2.06. The summed E-state index contributed by atoms with van der Waals surface area (Å²) in [5.41, 5.74) is 6.94. The quantitative estimate of drug-likeness (QED) is 0.763. The summed E-state index contributed by atoms with van der Waals surface area (Å²) in [5.74, 6) is -0.103. The highest BCUT2D eigenvalue weighted by molar-refractivity contribution is 6.30. The standard InChI is InChI=1S/C11H13ClFN/c1-11(2)9(10(11)14)6-3-4-7(12)8(13)5-6/h3-5,9-10H,14H2,1-2H3. The molecule has 1 saturated carbocycles. The highest BCUT2D eigenvalue weighted by atomic mass is 35.5. The van der Waals surface area contributed by atoms with E-state index in [4.69, 9.17) is 17.3 Å². The third-order valence-corrected chi connectivity index (χ3v) is 3.52. The van der Waals surface area contributed by atoms with Gasteiger partial charge in [0.1, 0.15) is 5.82 Å². The van der Waals surface area contributed by atoms with E-state index in [1.807, 2.05) is 6.07 Å². The molecule has 0 aromatic heterocycles. The van der Waals surface area contributed by atoms with Crippen LogP contribution in [0.4, 0.5) is 4.39 Å². The Morgan fingerprint density at radius 1 is 1.43 bits per heavy atom. The van der Waals surface area contributed by atoms with E-state index in [1.165, 1.54) is 6.07 Å². The summed E-state index contributed by atoms with van der Waals surface area (Å²) in [5, 5.41) is 0.167. The molecule has 1 nitrogen and oxygen atoms in total. The van der Waals surface area contributed by atoms with Gasteiger partial charge in [-0.2, -0.15) is 0 Å². The summed E-state index contributed by atoms with van der Waals surface area (Å²) in [6, 6.07) is 5.06. The van der Waals surface area contributed by atoms with Crippen LogP contribution in [-0.2, 0) is 0 Å². The van der Waals surface area contributed by atoms with E-state index in [-0.39, 0.29) is 28.2 Å². The molecule has 2 N–H and O–H groups in total. The summed E-state index contributed by atoms with van der Waals surface area (Å²) in [4.78, 5) is 0. The Morgan fingerprint density at radius 3 is 2.43 bits per heavy atom. The largest absolute Gasteiger partial charge is 0.327 e. The first-order valence-electron chi connectivity index (χ1n) is 4.65. The molecule has 1 aromatic rings. The Kier molecular flexibility index (Phi) is 2.09. The van der Waals surface area contributed by atoms with E-state index >= 15 is 0 Å². The smallest absolute Gasteiger partial charge is 0.142 e. The highest BCUT2D eigenvalue weighted by Crippen LogP contribution is 2.57. The average molecular weight is 214 g/mol. The molecule has 2 atom stereocenters. The predicted octanol–water partition coefficient (Wildman–Crippen LogP) is 2.93. The second-order valence-corrected chi connectivity index (χ2v) is 4.91. The zero-order valence-corrected chi connectivity index (χ0v) is 8.98. The molecule has 0 spiro atoms. The van der Waals surface area contributed by atoms with E-state index in [1.54, 1.807) is 6.07 Å². The molecule has 1 aliphatic carbocycles. The van der Waals surface area contributed by atoms with Crippen LogP contribution in [0.5, 0.6) is 0 Å². The molecule has 1 aliphatic rings. The molecule has 0 aliphatic heterocycles. The van der Waals surface area contributed by atoms with Gasteiger partial charge in [0, 0.05) is 12.0 Å². The van der Waals surface area contributed by atoms with Gasteiger partial charge in [-0.15, -0.1) is 0 Å². The Labute approximate surface area is 88.1 Å². The molecule has 3 heteroatoms. The molecule has 2 unspecified atom stereocenters. The van der Waals surface area contributed by atoms with Crippen molar-refractivity contribution >= 4 is 11.6 Å².